The van der Waals surface area contributed by atoms with E-state index in [0.717, 1.165) is 12.1 Å². The summed E-state index contributed by atoms with van der Waals surface area (Å²) < 4.78 is 55.1. The molecule has 1 aromatic carbocycles. The number of alkyl halides is 3. The molecular weight excluding hydrogens is 238 g/mol. The summed E-state index contributed by atoms with van der Waals surface area (Å²) in [7, 11) is 0. The predicted octanol–water partition coefficient (Wildman–Crippen LogP) is 3.71. The van der Waals surface area contributed by atoms with Gasteiger partial charge < -0.3 is 10.1 Å². The van der Waals surface area contributed by atoms with E-state index in [2.05, 4.69) is 16.6 Å². The third-order valence-electron chi connectivity index (χ3n) is 1.85. The predicted molar refractivity (Wildman–Crippen MR) is 56.4 cm³/mol. The second-order valence-electron chi connectivity index (χ2n) is 3.41. The normalized spacial score (nSPS) is 14.2. The van der Waals surface area contributed by atoms with Gasteiger partial charge in [-0.25, -0.2) is 13.2 Å². The van der Waals surface area contributed by atoms with Gasteiger partial charge in [-0.15, -0.1) is 0 Å². The topological polar surface area (TPSA) is 21.3 Å². The van der Waals surface area contributed by atoms with E-state index in [1.165, 1.54) is 12.3 Å². The van der Waals surface area contributed by atoms with E-state index in [1.807, 2.05) is 0 Å². The summed E-state index contributed by atoms with van der Waals surface area (Å²) in [5, 5.41) is 2.54. The quantitative estimate of drug-likeness (QED) is 0.803. The van der Waals surface area contributed by atoms with Crippen LogP contribution >= 0.6 is 0 Å². The number of anilines is 1. The Kier molecular flexibility index (Phi) is 3.98. The molecular formula is C11H11F4NO. The molecule has 17 heavy (non-hydrogen) atoms. The monoisotopic (exact) mass is 249 g/mol. The highest BCUT2D eigenvalue weighted by atomic mass is 19.3. The first-order valence-electron chi connectivity index (χ1n) is 4.69. The second kappa shape index (κ2) is 5.07. The van der Waals surface area contributed by atoms with Crippen molar-refractivity contribution in [1.82, 2.24) is 0 Å². The highest BCUT2D eigenvalue weighted by molar-refractivity contribution is 5.50. The lowest BCUT2D eigenvalue weighted by Crippen LogP contribution is -2.35. The van der Waals surface area contributed by atoms with Crippen molar-refractivity contribution in [3.63, 3.8) is 0 Å². The average Bonchev–Trinajstić information content (AvgIpc) is 2.15. The SMILES string of the molecule is C=CNc1cc(F)cc(OC(C)(F)C(F)F)c1. The van der Waals surface area contributed by atoms with Gasteiger partial charge in [-0.1, -0.05) is 6.58 Å². The summed E-state index contributed by atoms with van der Waals surface area (Å²) in [4.78, 5) is 0. The lowest BCUT2D eigenvalue weighted by Gasteiger charge is -2.21. The molecule has 0 heterocycles. The molecule has 0 spiro atoms. The Hall–Kier alpha value is -1.72. The maximum absolute atomic E-state index is 13.2. The second-order valence-corrected chi connectivity index (χ2v) is 3.41. The molecule has 0 aliphatic heterocycles. The van der Waals surface area contributed by atoms with Crippen molar-refractivity contribution < 1.29 is 22.3 Å². The van der Waals surface area contributed by atoms with E-state index < -0.39 is 18.1 Å². The number of nitrogens with one attached hydrogen (secondary N) is 1. The Balaban J connectivity index is 2.94. The summed E-state index contributed by atoms with van der Waals surface area (Å²) in [5.41, 5.74) is 0.222. The first-order chi connectivity index (χ1) is 7.85. The minimum Gasteiger partial charge on any atom is -0.452 e. The summed E-state index contributed by atoms with van der Waals surface area (Å²) in [6.45, 7) is 3.92. The first kappa shape index (κ1) is 13.3. The standard InChI is InChI=1S/C11H11F4NO/c1-3-16-8-4-7(12)5-9(6-8)17-11(2,15)10(13)14/h3-6,10,16H,1H2,2H3. The molecule has 94 valence electrons. The van der Waals surface area contributed by atoms with Crippen LogP contribution in [-0.2, 0) is 0 Å². The molecule has 1 N–H and O–H groups in total. The van der Waals surface area contributed by atoms with Gasteiger partial charge in [-0.2, -0.15) is 4.39 Å². The van der Waals surface area contributed by atoms with E-state index in [1.54, 1.807) is 0 Å². The minimum absolute atomic E-state index is 0.222. The van der Waals surface area contributed by atoms with Crippen LogP contribution in [-0.4, -0.2) is 12.3 Å². The molecule has 0 amide bonds. The number of hydrogen-bond acceptors (Lipinski definition) is 2. The summed E-state index contributed by atoms with van der Waals surface area (Å²) in [6.07, 6.45) is -2.07. The van der Waals surface area contributed by atoms with Gasteiger partial charge in [0, 0.05) is 24.7 Å². The summed E-state index contributed by atoms with van der Waals surface area (Å²) in [6, 6.07) is 3.09. The zero-order valence-corrected chi connectivity index (χ0v) is 9.01. The summed E-state index contributed by atoms with van der Waals surface area (Å²) in [5.74, 6) is -4.24. The minimum atomic E-state index is -3.33. The Morgan fingerprint density at radius 2 is 2.06 bits per heavy atom. The Morgan fingerprint density at radius 3 is 2.59 bits per heavy atom. The highest BCUT2D eigenvalue weighted by Crippen LogP contribution is 2.28. The molecule has 0 aromatic heterocycles. The van der Waals surface area contributed by atoms with E-state index in [-0.39, 0.29) is 11.4 Å². The highest BCUT2D eigenvalue weighted by Gasteiger charge is 2.37. The van der Waals surface area contributed by atoms with Crippen LogP contribution in [0.3, 0.4) is 0 Å². The number of benzene rings is 1. The van der Waals surface area contributed by atoms with Crippen LogP contribution in [0.2, 0.25) is 0 Å². The fraction of sp³-hybridized carbons (Fsp3) is 0.273. The zero-order chi connectivity index (χ0) is 13.1. The molecule has 1 rings (SSSR count). The molecule has 0 saturated heterocycles. The van der Waals surface area contributed by atoms with E-state index in [9.17, 15) is 17.6 Å². The largest absolute Gasteiger partial charge is 0.452 e. The summed E-state index contributed by atoms with van der Waals surface area (Å²) >= 11 is 0. The van der Waals surface area contributed by atoms with Gasteiger partial charge in [0.05, 0.1) is 0 Å². The van der Waals surface area contributed by atoms with Gasteiger partial charge in [0.2, 0.25) is 0 Å². The maximum Gasteiger partial charge on any atom is 0.306 e. The van der Waals surface area contributed by atoms with Crippen molar-refractivity contribution in [2.75, 3.05) is 5.32 Å². The smallest absolute Gasteiger partial charge is 0.306 e. The van der Waals surface area contributed by atoms with Crippen molar-refractivity contribution in [2.45, 2.75) is 19.2 Å². The molecule has 0 radical (unpaired) electrons. The molecule has 1 aromatic rings. The molecule has 0 aliphatic carbocycles. The fourth-order valence-electron chi connectivity index (χ4n) is 1.10. The lowest BCUT2D eigenvalue weighted by atomic mass is 10.2. The van der Waals surface area contributed by atoms with Crippen LogP contribution in [0.25, 0.3) is 0 Å². The van der Waals surface area contributed by atoms with Gasteiger partial charge in [-0.05, 0) is 12.3 Å². The van der Waals surface area contributed by atoms with Crippen LogP contribution in [0.15, 0.2) is 31.0 Å². The van der Waals surface area contributed by atoms with Crippen LogP contribution in [0, 0.1) is 5.82 Å². The van der Waals surface area contributed by atoms with Crippen LogP contribution in [0.1, 0.15) is 6.92 Å². The zero-order valence-electron chi connectivity index (χ0n) is 9.01. The third-order valence-corrected chi connectivity index (χ3v) is 1.85. The van der Waals surface area contributed by atoms with Gasteiger partial charge in [0.25, 0.3) is 0 Å². The third kappa shape index (κ3) is 3.65. The van der Waals surface area contributed by atoms with Crippen LogP contribution in [0.5, 0.6) is 5.75 Å². The Labute approximate surface area is 95.9 Å². The molecule has 1 atom stereocenters. The lowest BCUT2D eigenvalue weighted by molar-refractivity contribution is -0.152. The van der Waals surface area contributed by atoms with Gasteiger partial charge in [-0.3, -0.25) is 0 Å². The van der Waals surface area contributed by atoms with E-state index in [4.69, 9.17) is 0 Å². The molecule has 1 unspecified atom stereocenters. The molecule has 6 heteroatoms. The number of rotatable bonds is 5. The van der Waals surface area contributed by atoms with Crippen molar-refractivity contribution >= 4 is 5.69 Å². The van der Waals surface area contributed by atoms with Crippen LogP contribution in [0.4, 0.5) is 23.2 Å². The van der Waals surface area contributed by atoms with Crippen molar-refractivity contribution in [1.29, 1.82) is 0 Å². The molecule has 2 nitrogen and oxygen atoms in total. The first-order valence-corrected chi connectivity index (χ1v) is 4.69. The maximum atomic E-state index is 13.2. The van der Waals surface area contributed by atoms with Gasteiger partial charge in [0.15, 0.2) is 0 Å². The molecule has 0 fully saturated rings. The van der Waals surface area contributed by atoms with E-state index in [0.29, 0.717) is 6.92 Å². The number of hydrogen-bond donors (Lipinski definition) is 1. The molecule has 0 bridgehead atoms. The van der Waals surface area contributed by atoms with Gasteiger partial charge >= 0.3 is 12.3 Å². The van der Waals surface area contributed by atoms with Crippen molar-refractivity contribution in [3.05, 3.63) is 36.8 Å². The Bertz CT molecular complexity index is 406. The van der Waals surface area contributed by atoms with Crippen molar-refractivity contribution in [2.24, 2.45) is 0 Å². The Morgan fingerprint density at radius 1 is 1.41 bits per heavy atom. The fourth-order valence-corrected chi connectivity index (χ4v) is 1.10. The molecule has 0 saturated carbocycles. The average molecular weight is 249 g/mol. The number of ether oxygens (including phenoxy) is 1. The van der Waals surface area contributed by atoms with Crippen molar-refractivity contribution in [3.8, 4) is 5.75 Å². The van der Waals surface area contributed by atoms with E-state index >= 15 is 0 Å². The number of halogens is 4. The van der Waals surface area contributed by atoms with Crippen LogP contribution < -0.4 is 10.1 Å². The molecule has 0 aliphatic rings. The van der Waals surface area contributed by atoms with Gasteiger partial charge in [0.1, 0.15) is 11.6 Å².